The minimum atomic E-state index is -4.74. The molecule has 1 heterocycles. The average molecular weight is 402 g/mol. The van der Waals surface area contributed by atoms with E-state index in [9.17, 15) is 18.0 Å². The fraction of sp³-hybridized carbons (Fsp3) is 0.150. The van der Waals surface area contributed by atoms with Gasteiger partial charge < -0.3 is 10.2 Å². The highest BCUT2D eigenvalue weighted by Gasteiger charge is 2.39. The van der Waals surface area contributed by atoms with Crippen LogP contribution in [-0.4, -0.2) is 21.4 Å². The van der Waals surface area contributed by atoms with Crippen LogP contribution in [0.1, 0.15) is 28.5 Å². The Hall–Kier alpha value is -3.62. The first kappa shape index (κ1) is 20.1. The zero-order valence-electron chi connectivity index (χ0n) is 15.6. The van der Waals surface area contributed by atoms with Crippen LogP contribution in [0.5, 0.6) is 5.75 Å². The van der Waals surface area contributed by atoms with Gasteiger partial charge in [0.15, 0.2) is 11.4 Å². The highest BCUT2D eigenvalue weighted by molar-refractivity contribution is 6.10. The number of carbonyl (C=O) groups is 1. The van der Waals surface area contributed by atoms with Crippen molar-refractivity contribution in [2.75, 3.05) is 5.32 Å². The van der Waals surface area contributed by atoms with Crippen LogP contribution in [0.3, 0.4) is 0 Å². The molecule has 150 valence electrons. The van der Waals surface area contributed by atoms with E-state index in [2.05, 4.69) is 15.6 Å². The summed E-state index contributed by atoms with van der Waals surface area (Å²) in [5, 5.41) is 9.89. The number of amides is 1. The summed E-state index contributed by atoms with van der Waals surface area (Å²) in [5.41, 5.74) is -0.564. The number of aryl methyl sites for hydroxylation is 1. The third-order valence-electron chi connectivity index (χ3n) is 3.94. The largest absolute Gasteiger partial charge is 0.435 e. The van der Waals surface area contributed by atoms with Gasteiger partial charge in [-0.25, -0.2) is 0 Å². The van der Waals surface area contributed by atoms with E-state index in [-0.39, 0.29) is 0 Å². The van der Waals surface area contributed by atoms with Crippen molar-refractivity contribution in [3.05, 3.63) is 77.6 Å². The molecule has 0 aliphatic heterocycles. The third-order valence-corrected chi connectivity index (χ3v) is 3.94. The number of oxime groups is 1. The third kappa shape index (κ3) is 4.81. The Bertz CT molecular complexity index is 1040. The van der Waals surface area contributed by atoms with Gasteiger partial charge in [-0.2, -0.15) is 18.3 Å². The van der Waals surface area contributed by atoms with Gasteiger partial charge in [0, 0.05) is 18.8 Å². The van der Waals surface area contributed by atoms with Gasteiger partial charge in [0.05, 0.1) is 17.0 Å². The van der Waals surface area contributed by atoms with E-state index in [1.807, 2.05) is 6.07 Å². The summed E-state index contributed by atoms with van der Waals surface area (Å²) in [7, 11) is 1.32. The summed E-state index contributed by atoms with van der Waals surface area (Å²) >= 11 is 0. The number of para-hydroxylation sites is 2. The normalized spacial score (nSPS) is 12.0. The first-order valence-corrected chi connectivity index (χ1v) is 8.54. The molecule has 0 unspecified atom stereocenters. The van der Waals surface area contributed by atoms with Crippen molar-refractivity contribution in [3.63, 3.8) is 0 Å². The maximum absolute atomic E-state index is 13.1. The fourth-order valence-electron chi connectivity index (χ4n) is 2.61. The molecule has 29 heavy (non-hydrogen) atoms. The van der Waals surface area contributed by atoms with Gasteiger partial charge in [-0.3, -0.25) is 9.48 Å². The molecule has 3 aromatic rings. The van der Waals surface area contributed by atoms with Crippen molar-refractivity contribution < 1.29 is 22.8 Å². The van der Waals surface area contributed by atoms with Crippen molar-refractivity contribution in [2.45, 2.75) is 13.1 Å². The van der Waals surface area contributed by atoms with E-state index in [1.165, 1.54) is 7.05 Å². The van der Waals surface area contributed by atoms with E-state index in [0.29, 0.717) is 22.7 Å². The average Bonchev–Trinajstić information content (AvgIpc) is 3.10. The second-order valence-corrected chi connectivity index (χ2v) is 6.14. The molecule has 0 bridgehead atoms. The number of halogens is 3. The molecular formula is C20H17F3N4O2. The van der Waals surface area contributed by atoms with Gasteiger partial charge in [0.2, 0.25) is 0 Å². The predicted molar refractivity (Wildman–Crippen MR) is 102 cm³/mol. The van der Waals surface area contributed by atoms with Crippen LogP contribution in [-0.2, 0) is 13.2 Å². The Morgan fingerprint density at radius 3 is 2.41 bits per heavy atom. The first-order valence-electron chi connectivity index (χ1n) is 8.54. The maximum Gasteiger partial charge on any atom is 0.435 e. The van der Waals surface area contributed by atoms with E-state index in [1.54, 1.807) is 55.5 Å². The fourth-order valence-corrected chi connectivity index (χ4v) is 2.61. The quantitative estimate of drug-likeness (QED) is 0.505. The highest BCUT2D eigenvalue weighted by atomic mass is 19.4. The van der Waals surface area contributed by atoms with Gasteiger partial charge in [0.1, 0.15) is 0 Å². The van der Waals surface area contributed by atoms with E-state index < -0.39 is 23.3 Å². The monoisotopic (exact) mass is 402 g/mol. The van der Waals surface area contributed by atoms with Crippen molar-refractivity contribution in [2.24, 2.45) is 12.2 Å². The van der Waals surface area contributed by atoms with E-state index in [4.69, 9.17) is 4.84 Å². The van der Waals surface area contributed by atoms with Crippen molar-refractivity contribution in [1.29, 1.82) is 0 Å². The SMILES string of the molecule is C/C(=N\Oc1ccccc1)c1ccccc1NC(=O)c1cn(C)nc1C(F)(F)F. The first-order chi connectivity index (χ1) is 13.8. The summed E-state index contributed by atoms with van der Waals surface area (Å²) in [5.74, 6) is -0.395. The van der Waals surface area contributed by atoms with Crippen LogP contribution in [0.4, 0.5) is 18.9 Å². The van der Waals surface area contributed by atoms with Crippen molar-refractivity contribution in [1.82, 2.24) is 9.78 Å². The van der Waals surface area contributed by atoms with Crippen LogP contribution in [0.2, 0.25) is 0 Å². The highest BCUT2D eigenvalue weighted by Crippen LogP contribution is 2.31. The predicted octanol–water partition coefficient (Wildman–Crippen LogP) is 4.49. The van der Waals surface area contributed by atoms with Gasteiger partial charge in [-0.1, -0.05) is 41.6 Å². The molecule has 0 fully saturated rings. The van der Waals surface area contributed by atoms with Crippen LogP contribution in [0, 0.1) is 0 Å². The van der Waals surface area contributed by atoms with Crippen LogP contribution in [0.15, 0.2) is 65.9 Å². The molecule has 0 spiro atoms. The molecule has 0 saturated heterocycles. The second-order valence-electron chi connectivity index (χ2n) is 6.14. The van der Waals surface area contributed by atoms with Crippen molar-refractivity contribution >= 4 is 17.3 Å². The minimum Gasteiger partial charge on any atom is -0.357 e. The number of anilines is 1. The second kappa shape index (κ2) is 8.17. The van der Waals surface area contributed by atoms with Crippen LogP contribution < -0.4 is 10.2 Å². The Morgan fingerprint density at radius 1 is 1.07 bits per heavy atom. The Morgan fingerprint density at radius 2 is 1.72 bits per heavy atom. The standard InChI is InChI=1S/C20H17F3N4O2/c1-13(26-29-14-8-4-3-5-9-14)15-10-6-7-11-17(15)24-19(28)16-12-27(2)25-18(16)20(21,22)23/h3-12H,1-2H3,(H,24,28)/b26-13+. The van der Waals surface area contributed by atoms with Gasteiger partial charge in [0.25, 0.3) is 5.91 Å². The molecule has 0 aliphatic carbocycles. The Balaban J connectivity index is 1.85. The summed E-state index contributed by atoms with van der Waals surface area (Å²) < 4.78 is 40.4. The number of carbonyl (C=O) groups excluding carboxylic acids is 1. The summed E-state index contributed by atoms with van der Waals surface area (Å²) in [6.07, 6.45) is -3.71. The minimum absolute atomic E-state index is 0.299. The molecular weight excluding hydrogens is 385 g/mol. The topological polar surface area (TPSA) is 68.5 Å². The lowest BCUT2D eigenvalue weighted by Crippen LogP contribution is -2.19. The maximum atomic E-state index is 13.1. The van der Waals surface area contributed by atoms with Crippen molar-refractivity contribution in [3.8, 4) is 5.75 Å². The number of nitrogens with zero attached hydrogens (tertiary/aromatic N) is 3. The molecule has 6 nitrogen and oxygen atoms in total. The molecule has 3 rings (SSSR count). The molecule has 0 saturated carbocycles. The Labute approximate surface area is 164 Å². The number of rotatable bonds is 5. The van der Waals surface area contributed by atoms with Crippen LogP contribution in [0.25, 0.3) is 0 Å². The molecule has 0 atom stereocenters. The zero-order chi connectivity index (χ0) is 21.0. The number of hydrogen-bond donors (Lipinski definition) is 1. The molecule has 1 N–H and O–H groups in total. The smallest absolute Gasteiger partial charge is 0.357 e. The summed E-state index contributed by atoms with van der Waals surface area (Å²) in [4.78, 5) is 17.9. The molecule has 9 heteroatoms. The van der Waals surface area contributed by atoms with E-state index >= 15 is 0 Å². The Kier molecular flexibility index (Phi) is 5.67. The molecule has 1 aromatic heterocycles. The summed E-state index contributed by atoms with van der Waals surface area (Å²) in [6.45, 7) is 1.67. The lowest BCUT2D eigenvalue weighted by Gasteiger charge is -2.11. The zero-order valence-corrected chi connectivity index (χ0v) is 15.6. The number of aromatic nitrogens is 2. The molecule has 0 radical (unpaired) electrons. The lowest BCUT2D eigenvalue weighted by atomic mass is 10.1. The lowest BCUT2D eigenvalue weighted by molar-refractivity contribution is -0.141. The number of benzene rings is 2. The van der Waals surface area contributed by atoms with Gasteiger partial charge in [-0.05, 0) is 25.1 Å². The summed E-state index contributed by atoms with van der Waals surface area (Å²) in [6, 6.07) is 15.5. The van der Waals surface area contributed by atoms with Gasteiger partial charge in [-0.15, -0.1) is 0 Å². The van der Waals surface area contributed by atoms with E-state index in [0.717, 1.165) is 10.9 Å². The number of hydrogen-bond acceptors (Lipinski definition) is 4. The number of alkyl halides is 3. The number of nitrogens with one attached hydrogen (secondary N) is 1. The van der Waals surface area contributed by atoms with Gasteiger partial charge >= 0.3 is 6.18 Å². The molecule has 1 amide bonds. The molecule has 2 aromatic carbocycles. The van der Waals surface area contributed by atoms with Crippen LogP contribution >= 0.6 is 0 Å². The molecule has 0 aliphatic rings.